The van der Waals surface area contributed by atoms with E-state index in [9.17, 15) is 12.6 Å². The first-order chi connectivity index (χ1) is 4.10. The summed E-state index contributed by atoms with van der Waals surface area (Å²) in [4.78, 5) is 0. The van der Waals surface area contributed by atoms with Gasteiger partial charge in [0.25, 0.3) is 0 Å². The number of rotatable bonds is 0. The van der Waals surface area contributed by atoms with Crippen LogP contribution in [0.15, 0.2) is 11.5 Å². The number of hydrogen-bond acceptors (Lipinski definition) is 4. The predicted octanol–water partition coefficient (Wildman–Crippen LogP) is -0.476. The summed E-state index contributed by atoms with van der Waals surface area (Å²) < 4.78 is 35.1. The minimum atomic E-state index is -3.61. The monoisotopic (exact) mass is 168 g/mol. The lowest BCUT2D eigenvalue weighted by atomic mass is 10.8. The normalized spacial score (nSPS) is 32.2. The van der Waals surface area contributed by atoms with E-state index in [1.54, 1.807) is 0 Å². The molecule has 1 rings (SSSR count). The molecule has 0 aromatic rings. The first kappa shape index (κ1) is 6.91. The topological polar surface area (TPSA) is 60.4 Å². The van der Waals surface area contributed by atoms with Crippen LogP contribution in [0.1, 0.15) is 0 Å². The second-order valence-electron chi connectivity index (χ2n) is 1.40. The predicted molar refractivity (Wildman–Crippen MR) is 32.2 cm³/mol. The van der Waals surface area contributed by atoms with Gasteiger partial charge in [-0.05, 0) is 0 Å². The summed E-state index contributed by atoms with van der Waals surface area (Å²) in [5.41, 5.74) is 0. The Morgan fingerprint density at radius 3 is 2.56 bits per heavy atom. The first-order valence-corrected chi connectivity index (χ1v) is 4.81. The minimum absolute atomic E-state index is 0.152. The zero-order valence-corrected chi connectivity index (χ0v) is 5.94. The van der Waals surface area contributed by atoms with Crippen molar-refractivity contribution < 1.29 is 16.3 Å². The molecular weight excluding hydrogens is 164 g/mol. The van der Waals surface area contributed by atoms with E-state index >= 15 is 0 Å². The SMILES string of the molecule is O=S1CC=CS(=O)(=O)O1. The van der Waals surface area contributed by atoms with Gasteiger partial charge < -0.3 is 0 Å². The van der Waals surface area contributed by atoms with Gasteiger partial charge in [-0.3, -0.25) is 0 Å². The van der Waals surface area contributed by atoms with Gasteiger partial charge in [0.1, 0.15) is 0 Å². The molecule has 0 amide bonds. The Morgan fingerprint density at radius 2 is 2.22 bits per heavy atom. The third-order valence-corrected chi connectivity index (χ3v) is 3.02. The van der Waals surface area contributed by atoms with Crippen molar-refractivity contribution in [2.45, 2.75) is 0 Å². The maximum Gasteiger partial charge on any atom is 0.302 e. The third kappa shape index (κ3) is 1.88. The standard InChI is InChI=1S/C3H4O4S2/c4-8-2-1-3-9(5,6)7-8/h1,3H,2H2. The highest BCUT2D eigenvalue weighted by molar-refractivity contribution is 7.99. The smallest absolute Gasteiger partial charge is 0.228 e. The van der Waals surface area contributed by atoms with Crippen LogP contribution in [0.5, 0.6) is 0 Å². The Hall–Kier alpha value is -0.200. The van der Waals surface area contributed by atoms with E-state index in [0.29, 0.717) is 0 Å². The fourth-order valence-electron chi connectivity index (χ4n) is 0.392. The van der Waals surface area contributed by atoms with Crippen LogP contribution in [0.4, 0.5) is 0 Å². The summed E-state index contributed by atoms with van der Waals surface area (Å²) in [6, 6.07) is 0. The van der Waals surface area contributed by atoms with Crippen molar-refractivity contribution in [3.8, 4) is 0 Å². The Morgan fingerprint density at radius 1 is 1.56 bits per heavy atom. The first-order valence-electron chi connectivity index (χ1n) is 2.10. The van der Waals surface area contributed by atoms with Gasteiger partial charge in [0, 0.05) is 0 Å². The van der Waals surface area contributed by atoms with Crippen molar-refractivity contribution in [3.63, 3.8) is 0 Å². The van der Waals surface area contributed by atoms with Crippen molar-refractivity contribution in [2.24, 2.45) is 0 Å². The van der Waals surface area contributed by atoms with Crippen LogP contribution in [0, 0.1) is 0 Å². The van der Waals surface area contributed by atoms with Gasteiger partial charge in [0.05, 0.1) is 11.2 Å². The van der Waals surface area contributed by atoms with E-state index < -0.39 is 21.2 Å². The summed E-state index contributed by atoms with van der Waals surface area (Å²) in [5.74, 6) is 0.152. The maximum absolute atomic E-state index is 10.4. The van der Waals surface area contributed by atoms with E-state index in [-0.39, 0.29) is 5.75 Å². The fraction of sp³-hybridized carbons (Fsp3) is 0.333. The zero-order chi connectivity index (χ0) is 6.91. The molecule has 0 aromatic carbocycles. The van der Waals surface area contributed by atoms with Gasteiger partial charge in [-0.1, -0.05) is 6.08 Å². The van der Waals surface area contributed by atoms with E-state index in [1.165, 1.54) is 6.08 Å². The van der Waals surface area contributed by atoms with Gasteiger partial charge in [-0.2, -0.15) is 12.0 Å². The lowest BCUT2D eigenvalue weighted by Crippen LogP contribution is -2.11. The summed E-state index contributed by atoms with van der Waals surface area (Å²) in [6.07, 6.45) is 1.30. The number of hydrogen-bond donors (Lipinski definition) is 0. The van der Waals surface area contributed by atoms with Gasteiger partial charge in [-0.15, -0.1) is 0 Å². The van der Waals surface area contributed by atoms with Crippen LogP contribution < -0.4 is 0 Å². The molecule has 9 heavy (non-hydrogen) atoms. The van der Waals surface area contributed by atoms with Crippen LogP contribution >= 0.6 is 0 Å². The maximum atomic E-state index is 10.4. The Kier molecular flexibility index (Phi) is 1.69. The molecule has 1 atom stereocenters. The van der Waals surface area contributed by atoms with Gasteiger partial charge >= 0.3 is 10.1 Å². The van der Waals surface area contributed by atoms with Crippen molar-refractivity contribution in [2.75, 3.05) is 5.75 Å². The highest BCUT2D eigenvalue weighted by Gasteiger charge is 2.15. The molecule has 52 valence electrons. The van der Waals surface area contributed by atoms with Crippen LogP contribution in [0.25, 0.3) is 0 Å². The van der Waals surface area contributed by atoms with Gasteiger partial charge in [-0.25, -0.2) is 4.21 Å². The second-order valence-corrected chi connectivity index (χ2v) is 4.15. The quantitative estimate of drug-likeness (QED) is 0.490. The minimum Gasteiger partial charge on any atom is -0.228 e. The summed E-state index contributed by atoms with van der Waals surface area (Å²) >= 11 is -1.68. The fourth-order valence-corrected chi connectivity index (χ4v) is 2.35. The van der Waals surface area contributed by atoms with Gasteiger partial charge in [0.15, 0.2) is 11.1 Å². The highest BCUT2D eigenvalue weighted by Crippen LogP contribution is 2.05. The van der Waals surface area contributed by atoms with Crippen LogP contribution in [-0.2, 0) is 24.8 Å². The van der Waals surface area contributed by atoms with E-state index in [4.69, 9.17) is 0 Å². The van der Waals surface area contributed by atoms with E-state index in [1.807, 2.05) is 0 Å². The molecule has 1 heterocycles. The lowest BCUT2D eigenvalue weighted by Gasteiger charge is -2.01. The van der Waals surface area contributed by atoms with Crippen molar-refractivity contribution in [3.05, 3.63) is 11.5 Å². The van der Waals surface area contributed by atoms with E-state index in [2.05, 4.69) is 3.63 Å². The summed E-state index contributed by atoms with van der Waals surface area (Å²) in [5, 5.41) is 0.897. The highest BCUT2D eigenvalue weighted by atomic mass is 32.3. The molecule has 1 unspecified atom stereocenters. The Balaban J connectivity index is 2.97. The zero-order valence-electron chi connectivity index (χ0n) is 4.31. The Labute approximate surface area is 55.3 Å². The molecule has 0 radical (unpaired) electrons. The largest absolute Gasteiger partial charge is 0.302 e. The van der Waals surface area contributed by atoms with Crippen molar-refractivity contribution >= 4 is 21.2 Å². The molecule has 0 fully saturated rings. The molecule has 6 heteroatoms. The third-order valence-electron chi connectivity index (χ3n) is 0.666. The average Bonchev–Trinajstić information content (AvgIpc) is 1.60. The molecule has 1 aliphatic heterocycles. The molecule has 0 aliphatic carbocycles. The molecular formula is C3H4O4S2. The van der Waals surface area contributed by atoms with Gasteiger partial charge in [0.2, 0.25) is 0 Å². The molecule has 0 spiro atoms. The average molecular weight is 168 g/mol. The summed E-state index contributed by atoms with van der Waals surface area (Å²) in [7, 11) is -3.61. The molecule has 0 N–H and O–H groups in total. The van der Waals surface area contributed by atoms with Crippen LogP contribution in [0.3, 0.4) is 0 Å². The molecule has 0 saturated heterocycles. The molecule has 4 nitrogen and oxygen atoms in total. The molecule has 0 aromatic heterocycles. The van der Waals surface area contributed by atoms with Crippen molar-refractivity contribution in [1.82, 2.24) is 0 Å². The molecule has 1 aliphatic rings. The Bertz CT molecular complexity index is 249. The summed E-state index contributed by atoms with van der Waals surface area (Å²) in [6.45, 7) is 0. The van der Waals surface area contributed by atoms with Crippen LogP contribution in [-0.4, -0.2) is 18.4 Å². The van der Waals surface area contributed by atoms with Crippen LogP contribution in [0.2, 0.25) is 0 Å². The molecule has 0 bridgehead atoms. The van der Waals surface area contributed by atoms with Crippen molar-refractivity contribution in [1.29, 1.82) is 0 Å². The lowest BCUT2D eigenvalue weighted by molar-refractivity contribution is 0.507. The molecule has 0 saturated carbocycles. The van der Waals surface area contributed by atoms with E-state index in [0.717, 1.165) is 5.41 Å². The second kappa shape index (κ2) is 2.20.